The van der Waals surface area contributed by atoms with E-state index in [0.717, 1.165) is 50.3 Å². The minimum atomic E-state index is 0.380. The molecule has 0 bridgehead atoms. The van der Waals surface area contributed by atoms with Gasteiger partial charge in [0.25, 0.3) is 0 Å². The second-order valence-corrected chi connectivity index (χ2v) is 6.03. The number of rotatable bonds is 3. The fourth-order valence-electron chi connectivity index (χ4n) is 3.31. The molecule has 5 heteroatoms. The van der Waals surface area contributed by atoms with Gasteiger partial charge in [-0.05, 0) is 51.4 Å². The van der Waals surface area contributed by atoms with Crippen LogP contribution in [0.1, 0.15) is 49.8 Å². The van der Waals surface area contributed by atoms with E-state index >= 15 is 0 Å². The van der Waals surface area contributed by atoms with Gasteiger partial charge in [-0.1, -0.05) is 0 Å². The van der Waals surface area contributed by atoms with Crippen molar-refractivity contribution < 1.29 is 0 Å². The Hall–Kier alpha value is -1.36. The lowest BCUT2D eigenvalue weighted by molar-refractivity contribution is 0.409. The van der Waals surface area contributed by atoms with Gasteiger partial charge in [0, 0.05) is 24.7 Å². The summed E-state index contributed by atoms with van der Waals surface area (Å²) in [7, 11) is 1.95. The number of nitrogens with two attached hydrogens (primary N) is 1. The van der Waals surface area contributed by atoms with Crippen molar-refractivity contribution in [2.24, 2.45) is 5.73 Å². The minimum absolute atomic E-state index is 0.380. The number of aromatic nitrogens is 2. The maximum Gasteiger partial charge on any atom is 0.225 e. The maximum atomic E-state index is 5.96. The molecule has 0 aromatic carbocycles. The molecule has 4 N–H and O–H groups in total. The van der Waals surface area contributed by atoms with Gasteiger partial charge in [-0.25, -0.2) is 4.98 Å². The molecule has 1 saturated carbocycles. The molecule has 110 valence electrons. The van der Waals surface area contributed by atoms with Crippen LogP contribution in [0.5, 0.6) is 0 Å². The normalized spacial score (nSPS) is 25.9. The van der Waals surface area contributed by atoms with E-state index in [0.29, 0.717) is 12.1 Å². The molecule has 0 spiro atoms. The second kappa shape index (κ2) is 5.95. The van der Waals surface area contributed by atoms with Crippen LogP contribution >= 0.6 is 0 Å². The third-order valence-electron chi connectivity index (χ3n) is 4.52. The molecule has 1 aromatic rings. The third kappa shape index (κ3) is 2.87. The summed E-state index contributed by atoms with van der Waals surface area (Å²) in [5, 5.41) is 6.74. The van der Waals surface area contributed by atoms with Gasteiger partial charge in [0.2, 0.25) is 5.95 Å². The molecule has 0 radical (unpaired) electrons. The van der Waals surface area contributed by atoms with E-state index in [9.17, 15) is 0 Å². The Kier molecular flexibility index (Phi) is 4.05. The molecular weight excluding hydrogens is 250 g/mol. The highest BCUT2D eigenvalue weighted by Crippen LogP contribution is 2.27. The summed E-state index contributed by atoms with van der Waals surface area (Å²) in [5.41, 5.74) is 8.50. The van der Waals surface area contributed by atoms with E-state index < -0.39 is 0 Å². The van der Waals surface area contributed by atoms with E-state index in [1.165, 1.54) is 24.1 Å². The summed E-state index contributed by atoms with van der Waals surface area (Å²) in [4.78, 5) is 9.39. The van der Waals surface area contributed by atoms with Crippen LogP contribution in [-0.2, 0) is 12.8 Å². The van der Waals surface area contributed by atoms with Crippen LogP contribution in [0.2, 0.25) is 0 Å². The molecule has 20 heavy (non-hydrogen) atoms. The monoisotopic (exact) mass is 275 g/mol. The van der Waals surface area contributed by atoms with Crippen molar-refractivity contribution in [3.63, 3.8) is 0 Å². The van der Waals surface area contributed by atoms with Gasteiger partial charge in [-0.15, -0.1) is 0 Å². The van der Waals surface area contributed by atoms with Crippen molar-refractivity contribution in [1.82, 2.24) is 9.97 Å². The SMILES string of the molecule is CNc1nc(NC2CCC(N)CC2)nc2c1CCCC2. The zero-order valence-electron chi connectivity index (χ0n) is 12.3. The van der Waals surface area contributed by atoms with Crippen molar-refractivity contribution in [3.8, 4) is 0 Å². The fraction of sp³-hybridized carbons (Fsp3) is 0.733. The van der Waals surface area contributed by atoms with Crippen molar-refractivity contribution in [2.45, 2.75) is 63.5 Å². The van der Waals surface area contributed by atoms with E-state index in [1.54, 1.807) is 0 Å². The molecule has 1 heterocycles. The molecule has 0 saturated heterocycles. The molecule has 3 rings (SSSR count). The van der Waals surface area contributed by atoms with Crippen molar-refractivity contribution in [2.75, 3.05) is 17.7 Å². The molecule has 1 fully saturated rings. The smallest absolute Gasteiger partial charge is 0.225 e. The van der Waals surface area contributed by atoms with Crippen LogP contribution in [0.3, 0.4) is 0 Å². The van der Waals surface area contributed by atoms with Gasteiger partial charge >= 0.3 is 0 Å². The Morgan fingerprint density at radius 2 is 1.80 bits per heavy atom. The summed E-state index contributed by atoms with van der Waals surface area (Å²) >= 11 is 0. The molecule has 0 atom stereocenters. The Labute approximate surface area is 120 Å². The highest BCUT2D eigenvalue weighted by Gasteiger charge is 2.21. The van der Waals surface area contributed by atoms with Crippen LogP contribution < -0.4 is 16.4 Å². The number of hydrogen-bond acceptors (Lipinski definition) is 5. The van der Waals surface area contributed by atoms with Crippen LogP contribution in [0.4, 0.5) is 11.8 Å². The molecule has 1 aromatic heterocycles. The summed E-state index contributed by atoms with van der Waals surface area (Å²) in [6.07, 6.45) is 9.11. The van der Waals surface area contributed by atoms with Gasteiger partial charge in [0.1, 0.15) is 5.82 Å². The Balaban J connectivity index is 1.76. The first-order valence-corrected chi connectivity index (χ1v) is 7.86. The van der Waals surface area contributed by atoms with Gasteiger partial charge in [0.05, 0.1) is 5.69 Å². The summed E-state index contributed by atoms with van der Waals surface area (Å²) in [5.74, 6) is 1.79. The van der Waals surface area contributed by atoms with Crippen molar-refractivity contribution in [3.05, 3.63) is 11.3 Å². The minimum Gasteiger partial charge on any atom is -0.373 e. The topological polar surface area (TPSA) is 75.9 Å². The molecule has 0 aliphatic heterocycles. The maximum absolute atomic E-state index is 5.96. The summed E-state index contributed by atoms with van der Waals surface area (Å²) in [6, 6.07) is 0.853. The van der Waals surface area contributed by atoms with Crippen molar-refractivity contribution in [1.29, 1.82) is 0 Å². The zero-order valence-corrected chi connectivity index (χ0v) is 12.3. The quantitative estimate of drug-likeness (QED) is 0.787. The van der Waals surface area contributed by atoms with Gasteiger partial charge in [0.15, 0.2) is 0 Å². The Bertz CT molecular complexity index is 448. The highest BCUT2D eigenvalue weighted by atomic mass is 15.2. The number of fused-ring (bicyclic) bond motifs is 1. The number of aryl methyl sites for hydroxylation is 1. The molecule has 2 aliphatic carbocycles. The highest BCUT2D eigenvalue weighted by molar-refractivity contribution is 5.51. The van der Waals surface area contributed by atoms with E-state index in [1.807, 2.05) is 7.05 Å². The van der Waals surface area contributed by atoms with Gasteiger partial charge < -0.3 is 16.4 Å². The van der Waals surface area contributed by atoms with E-state index in [4.69, 9.17) is 10.7 Å². The van der Waals surface area contributed by atoms with Crippen LogP contribution in [0.15, 0.2) is 0 Å². The van der Waals surface area contributed by atoms with Crippen LogP contribution in [-0.4, -0.2) is 29.1 Å². The molecule has 0 amide bonds. The summed E-state index contributed by atoms with van der Waals surface area (Å²) < 4.78 is 0. The third-order valence-corrected chi connectivity index (χ3v) is 4.52. The lowest BCUT2D eigenvalue weighted by atomic mass is 9.92. The predicted molar refractivity (Wildman–Crippen MR) is 82.1 cm³/mol. The Morgan fingerprint density at radius 1 is 1.05 bits per heavy atom. The Morgan fingerprint density at radius 3 is 2.55 bits per heavy atom. The van der Waals surface area contributed by atoms with Crippen molar-refractivity contribution >= 4 is 11.8 Å². The van der Waals surface area contributed by atoms with E-state index in [-0.39, 0.29) is 0 Å². The van der Waals surface area contributed by atoms with E-state index in [2.05, 4.69) is 15.6 Å². The second-order valence-electron chi connectivity index (χ2n) is 6.03. The van der Waals surface area contributed by atoms with Crippen LogP contribution in [0.25, 0.3) is 0 Å². The summed E-state index contributed by atoms with van der Waals surface area (Å²) in [6.45, 7) is 0. The lowest BCUT2D eigenvalue weighted by Crippen LogP contribution is -2.33. The van der Waals surface area contributed by atoms with Crippen LogP contribution in [0, 0.1) is 0 Å². The first kappa shape index (κ1) is 13.6. The average Bonchev–Trinajstić information content (AvgIpc) is 2.49. The number of nitrogens with one attached hydrogen (secondary N) is 2. The standard InChI is InChI=1S/C15H25N5/c1-17-14-12-4-2-3-5-13(12)19-15(20-14)18-11-8-6-10(16)7-9-11/h10-11H,2-9,16H2,1H3,(H2,17,18,19,20). The number of anilines is 2. The van der Waals surface area contributed by atoms with Gasteiger partial charge in [-0.2, -0.15) is 4.98 Å². The average molecular weight is 275 g/mol. The molecular formula is C15H25N5. The fourth-order valence-corrected chi connectivity index (χ4v) is 3.31. The molecule has 0 unspecified atom stereocenters. The lowest BCUT2D eigenvalue weighted by Gasteiger charge is -2.27. The van der Waals surface area contributed by atoms with Gasteiger partial charge in [-0.3, -0.25) is 0 Å². The zero-order chi connectivity index (χ0) is 13.9. The number of nitrogens with zero attached hydrogens (tertiary/aromatic N) is 2. The molecule has 5 nitrogen and oxygen atoms in total. The first-order valence-electron chi connectivity index (χ1n) is 7.86. The molecule has 2 aliphatic rings. The number of hydrogen-bond donors (Lipinski definition) is 3. The first-order chi connectivity index (χ1) is 9.76. The predicted octanol–water partition coefficient (Wildman–Crippen LogP) is 2.08. The largest absolute Gasteiger partial charge is 0.373 e.